The van der Waals surface area contributed by atoms with Crippen molar-refractivity contribution in [2.45, 2.75) is 58.2 Å². The molecular formula is C32H39Cl2N3O5S. The van der Waals surface area contributed by atoms with E-state index in [0.29, 0.717) is 28.4 Å². The number of hydrogen-bond acceptors (Lipinski definition) is 5. The summed E-state index contributed by atoms with van der Waals surface area (Å²) in [5.41, 5.74) is 1.98. The number of halogens is 2. The van der Waals surface area contributed by atoms with Gasteiger partial charge < -0.3 is 15.0 Å². The summed E-state index contributed by atoms with van der Waals surface area (Å²) < 4.78 is 31.8. The quantitative estimate of drug-likeness (QED) is 0.215. The predicted octanol–water partition coefficient (Wildman–Crippen LogP) is 6.10. The van der Waals surface area contributed by atoms with E-state index in [1.165, 1.54) is 17.5 Å². The van der Waals surface area contributed by atoms with Crippen LogP contribution in [0.4, 0.5) is 5.69 Å². The lowest BCUT2D eigenvalue weighted by Gasteiger charge is -2.33. The summed E-state index contributed by atoms with van der Waals surface area (Å²) in [6.07, 6.45) is 2.35. The number of nitrogens with one attached hydrogen (secondary N) is 1. The molecule has 0 aromatic heterocycles. The van der Waals surface area contributed by atoms with Crippen LogP contribution in [0.3, 0.4) is 0 Å². The van der Waals surface area contributed by atoms with Gasteiger partial charge in [-0.3, -0.25) is 13.9 Å². The Hall–Kier alpha value is -3.27. The van der Waals surface area contributed by atoms with Crippen LogP contribution in [0.2, 0.25) is 10.0 Å². The molecule has 2 amide bonds. The zero-order valence-electron chi connectivity index (χ0n) is 24.9. The standard InChI is InChI=1S/C32H39Cl2N3O5S/c1-5-23(2)35-32(39)29(20-24-12-7-6-8-13-24)36(22-25-14-9-10-15-27(25)33)31(38)16-11-19-37(43(4,40)41)26-17-18-30(42-3)28(34)21-26/h6-10,12-15,17-18,21,23,29H,5,11,16,19-20,22H2,1-4H3,(H,35,39)/t23-,29-/m1/s1. The molecule has 0 saturated carbocycles. The van der Waals surface area contributed by atoms with Gasteiger partial charge in [-0.25, -0.2) is 8.42 Å². The number of methoxy groups -OCH3 is 1. The molecule has 0 heterocycles. The summed E-state index contributed by atoms with van der Waals surface area (Å²) in [5.74, 6) is -0.130. The highest BCUT2D eigenvalue weighted by Gasteiger charge is 2.31. The zero-order chi connectivity index (χ0) is 31.6. The third kappa shape index (κ3) is 9.88. The van der Waals surface area contributed by atoms with Crippen molar-refractivity contribution in [1.82, 2.24) is 10.2 Å². The topological polar surface area (TPSA) is 96.0 Å². The van der Waals surface area contributed by atoms with E-state index in [2.05, 4.69) is 5.32 Å². The Balaban J connectivity index is 1.90. The Kier molecular flexibility index (Phi) is 12.7. The minimum absolute atomic E-state index is 0.00224. The molecule has 3 aromatic rings. The summed E-state index contributed by atoms with van der Waals surface area (Å²) in [4.78, 5) is 29.2. The van der Waals surface area contributed by atoms with E-state index in [9.17, 15) is 18.0 Å². The van der Waals surface area contributed by atoms with Crippen molar-refractivity contribution in [1.29, 1.82) is 0 Å². The first-order valence-electron chi connectivity index (χ1n) is 14.1. The van der Waals surface area contributed by atoms with Gasteiger partial charge in [-0.1, -0.05) is 78.7 Å². The predicted molar refractivity (Wildman–Crippen MR) is 173 cm³/mol. The molecular weight excluding hydrogens is 609 g/mol. The van der Waals surface area contributed by atoms with Crippen molar-refractivity contribution >= 4 is 50.7 Å². The first-order chi connectivity index (χ1) is 20.4. The second-order valence-electron chi connectivity index (χ2n) is 10.4. The molecule has 0 bridgehead atoms. The Morgan fingerprint density at radius 2 is 1.65 bits per heavy atom. The second kappa shape index (κ2) is 16.0. The maximum Gasteiger partial charge on any atom is 0.243 e. The number of amides is 2. The van der Waals surface area contributed by atoms with E-state index in [-0.39, 0.29) is 48.8 Å². The normalized spacial score (nSPS) is 12.7. The van der Waals surface area contributed by atoms with Crippen LogP contribution in [0.5, 0.6) is 5.75 Å². The molecule has 0 fully saturated rings. The highest BCUT2D eigenvalue weighted by molar-refractivity contribution is 7.92. The molecule has 3 rings (SSSR count). The molecule has 11 heteroatoms. The van der Waals surface area contributed by atoms with E-state index < -0.39 is 16.1 Å². The van der Waals surface area contributed by atoms with E-state index in [0.717, 1.165) is 18.2 Å². The van der Waals surface area contributed by atoms with Gasteiger partial charge in [0.05, 0.1) is 24.1 Å². The smallest absolute Gasteiger partial charge is 0.243 e. The maximum absolute atomic E-state index is 14.0. The molecule has 0 spiro atoms. The first kappa shape index (κ1) is 34.2. The van der Waals surface area contributed by atoms with E-state index >= 15 is 0 Å². The van der Waals surface area contributed by atoms with Gasteiger partial charge in [-0.2, -0.15) is 0 Å². The summed E-state index contributed by atoms with van der Waals surface area (Å²) in [7, 11) is -2.21. The van der Waals surface area contributed by atoms with Crippen LogP contribution >= 0.6 is 23.2 Å². The van der Waals surface area contributed by atoms with Crippen molar-refractivity contribution in [3.05, 3.63) is 94.0 Å². The molecule has 0 aliphatic rings. The number of nitrogens with zero attached hydrogens (tertiary/aromatic N) is 2. The lowest BCUT2D eigenvalue weighted by atomic mass is 10.0. The van der Waals surface area contributed by atoms with Crippen molar-refractivity contribution < 1.29 is 22.7 Å². The third-order valence-electron chi connectivity index (χ3n) is 7.15. The van der Waals surface area contributed by atoms with Gasteiger partial charge >= 0.3 is 0 Å². The number of sulfonamides is 1. The molecule has 0 unspecified atom stereocenters. The van der Waals surface area contributed by atoms with Crippen LogP contribution in [0, 0.1) is 0 Å². The molecule has 8 nitrogen and oxygen atoms in total. The number of carbonyl (C=O) groups is 2. The van der Waals surface area contributed by atoms with Gasteiger partial charge in [0, 0.05) is 37.0 Å². The number of anilines is 1. The van der Waals surface area contributed by atoms with Crippen LogP contribution in [0.25, 0.3) is 0 Å². The molecule has 2 atom stereocenters. The Labute approximate surface area is 265 Å². The lowest BCUT2D eigenvalue weighted by Crippen LogP contribution is -2.52. The summed E-state index contributed by atoms with van der Waals surface area (Å²) in [5, 5.41) is 3.80. The molecule has 3 aromatic carbocycles. The second-order valence-corrected chi connectivity index (χ2v) is 13.1. The Morgan fingerprint density at radius 3 is 2.26 bits per heavy atom. The molecule has 232 valence electrons. The largest absolute Gasteiger partial charge is 0.495 e. The van der Waals surface area contributed by atoms with Gasteiger partial charge in [-0.05, 0) is 55.2 Å². The molecule has 0 radical (unpaired) electrons. The van der Waals surface area contributed by atoms with Gasteiger partial charge in [-0.15, -0.1) is 0 Å². The fourth-order valence-electron chi connectivity index (χ4n) is 4.62. The molecule has 0 saturated heterocycles. The van der Waals surface area contributed by atoms with Crippen LogP contribution in [-0.2, 0) is 32.6 Å². The molecule has 0 aliphatic carbocycles. The van der Waals surface area contributed by atoms with Gasteiger partial charge in [0.15, 0.2) is 0 Å². The van der Waals surface area contributed by atoms with Crippen molar-refractivity contribution in [2.24, 2.45) is 0 Å². The first-order valence-corrected chi connectivity index (χ1v) is 16.7. The van der Waals surface area contributed by atoms with Crippen molar-refractivity contribution in [2.75, 3.05) is 24.2 Å². The summed E-state index contributed by atoms with van der Waals surface area (Å²) >= 11 is 12.8. The Bertz CT molecular complexity index is 1490. The zero-order valence-corrected chi connectivity index (χ0v) is 27.3. The number of ether oxygens (including phenoxy) is 1. The average Bonchev–Trinajstić information content (AvgIpc) is 2.97. The third-order valence-corrected chi connectivity index (χ3v) is 9.00. The van der Waals surface area contributed by atoms with E-state index in [1.54, 1.807) is 29.2 Å². The monoisotopic (exact) mass is 647 g/mol. The fourth-order valence-corrected chi connectivity index (χ4v) is 6.02. The van der Waals surface area contributed by atoms with Crippen molar-refractivity contribution in [3.63, 3.8) is 0 Å². The SMILES string of the molecule is CC[C@@H](C)NC(=O)[C@@H](Cc1ccccc1)N(Cc1ccccc1Cl)C(=O)CCCN(c1ccc(OC)c(Cl)c1)S(C)(=O)=O. The molecule has 1 N–H and O–H groups in total. The maximum atomic E-state index is 14.0. The van der Waals surface area contributed by atoms with Crippen LogP contribution in [-0.4, -0.2) is 57.1 Å². The highest BCUT2D eigenvalue weighted by Crippen LogP contribution is 2.30. The van der Waals surface area contributed by atoms with Crippen molar-refractivity contribution in [3.8, 4) is 5.75 Å². The number of hydrogen-bond donors (Lipinski definition) is 1. The Morgan fingerprint density at radius 1 is 0.977 bits per heavy atom. The average molecular weight is 649 g/mol. The molecule has 43 heavy (non-hydrogen) atoms. The fraction of sp³-hybridized carbons (Fsp3) is 0.375. The van der Waals surface area contributed by atoms with E-state index in [4.69, 9.17) is 27.9 Å². The summed E-state index contributed by atoms with van der Waals surface area (Å²) in [6, 6.07) is 20.6. The number of rotatable bonds is 15. The number of carbonyl (C=O) groups excluding carboxylic acids is 2. The molecule has 0 aliphatic heterocycles. The lowest BCUT2D eigenvalue weighted by molar-refractivity contribution is -0.141. The summed E-state index contributed by atoms with van der Waals surface area (Å²) in [6.45, 7) is 4.06. The van der Waals surface area contributed by atoms with E-state index in [1.807, 2.05) is 56.3 Å². The van der Waals surface area contributed by atoms with Crippen LogP contribution in [0.15, 0.2) is 72.8 Å². The highest BCUT2D eigenvalue weighted by atomic mass is 35.5. The van der Waals surface area contributed by atoms with Gasteiger partial charge in [0.25, 0.3) is 0 Å². The van der Waals surface area contributed by atoms with Crippen LogP contribution in [0.1, 0.15) is 44.2 Å². The minimum Gasteiger partial charge on any atom is -0.495 e. The van der Waals surface area contributed by atoms with Crippen LogP contribution < -0.4 is 14.4 Å². The van der Waals surface area contributed by atoms with Gasteiger partial charge in [0.2, 0.25) is 21.8 Å². The number of benzene rings is 3. The minimum atomic E-state index is -3.69. The van der Waals surface area contributed by atoms with Gasteiger partial charge in [0.1, 0.15) is 11.8 Å².